The summed E-state index contributed by atoms with van der Waals surface area (Å²) in [5.74, 6) is 1.53. The minimum atomic E-state index is 0. The molecular weight excluding hydrogens is 328 g/mol. The summed E-state index contributed by atoms with van der Waals surface area (Å²) in [7, 11) is 4.03. The molecule has 0 aromatic rings. The number of halogens is 1. The number of ether oxygens (including phenoxy) is 1. The molecule has 7 heteroatoms. The Labute approximate surface area is 142 Å². The average Bonchev–Trinajstić information content (AvgIpc) is 2.98. The highest BCUT2D eigenvalue weighted by Gasteiger charge is 2.16. The maximum atomic E-state index is 11.7. The number of carbonyl (C=O) groups is 1. The Hall–Kier alpha value is 0.380. The second-order valence-electron chi connectivity index (χ2n) is 5.54. The van der Waals surface area contributed by atoms with E-state index in [2.05, 4.69) is 5.32 Å². The van der Waals surface area contributed by atoms with Crippen molar-refractivity contribution in [1.29, 1.82) is 0 Å². The van der Waals surface area contributed by atoms with E-state index in [1.54, 1.807) is 4.90 Å². The van der Waals surface area contributed by atoms with Gasteiger partial charge < -0.3 is 27.4 Å². The number of rotatable bonds is 8. The van der Waals surface area contributed by atoms with Gasteiger partial charge in [-0.1, -0.05) is 28.0 Å². The summed E-state index contributed by atoms with van der Waals surface area (Å²) in [6.07, 6.45) is 5.56. The Balaban J connectivity index is 0.00000220. The highest BCUT2D eigenvalue weighted by molar-refractivity contribution is 8.77. The minimum Gasteiger partial charge on any atom is -1.00 e. The van der Waals surface area contributed by atoms with Crippen molar-refractivity contribution in [2.75, 3.05) is 45.1 Å². The second-order valence-corrected chi connectivity index (χ2v) is 8.32. The van der Waals surface area contributed by atoms with Crippen LogP contribution >= 0.6 is 21.6 Å². The zero-order valence-corrected chi connectivity index (χ0v) is 15.0. The van der Waals surface area contributed by atoms with Gasteiger partial charge in [0.25, 0.3) is 0 Å². The maximum absolute atomic E-state index is 11.7. The molecule has 2 saturated heterocycles. The molecule has 124 valence electrons. The molecule has 0 aliphatic carbocycles. The van der Waals surface area contributed by atoms with Crippen LogP contribution in [0.3, 0.4) is 0 Å². The fourth-order valence-electron chi connectivity index (χ4n) is 2.60. The molecule has 2 heterocycles. The first-order chi connectivity index (χ1) is 9.84. The molecule has 21 heavy (non-hydrogen) atoms. The highest BCUT2D eigenvalue weighted by Crippen LogP contribution is 2.39. The predicted molar refractivity (Wildman–Crippen MR) is 86.3 cm³/mol. The summed E-state index contributed by atoms with van der Waals surface area (Å²) < 4.78 is 5.32. The topological polar surface area (TPSA) is 42.8 Å². The van der Waals surface area contributed by atoms with Crippen molar-refractivity contribution in [2.45, 2.75) is 37.4 Å². The molecule has 2 rings (SSSR count). The van der Waals surface area contributed by atoms with E-state index >= 15 is 0 Å². The van der Waals surface area contributed by atoms with Crippen LogP contribution < -0.4 is 22.6 Å². The van der Waals surface area contributed by atoms with Crippen LogP contribution in [0.4, 0.5) is 0 Å². The van der Waals surface area contributed by atoms with Gasteiger partial charge in [-0.05, 0) is 19.3 Å². The van der Waals surface area contributed by atoms with Crippen molar-refractivity contribution in [2.24, 2.45) is 0 Å². The third-order valence-corrected chi connectivity index (χ3v) is 6.91. The number of hydrogen-bond acceptors (Lipinski definition) is 4. The first kappa shape index (κ1) is 19.4. The lowest BCUT2D eigenvalue weighted by molar-refractivity contribution is -0.906. The van der Waals surface area contributed by atoms with E-state index in [1.165, 1.54) is 25.0 Å². The summed E-state index contributed by atoms with van der Waals surface area (Å²) in [5.41, 5.74) is 0. The fourth-order valence-corrected chi connectivity index (χ4v) is 5.63. The second kappa shape index (κ2) is 11.9. The monoisotopic (exact) mass is 354 g/mol. The standard InChI is InChI=1S/C14H26N2O2S2.ClH/c17-14(4-2-1-3-13-5-12-19-20-13)15-6-7-16-8-10-18-11-9-16;/h13H,1-12H2,(H,15,17);1H. The molecule has 2 N–H and O–H groups in total. The van der Waals surface area contributed by atoms with E-state index in [1.807, 2.05) is 21.6 Å². The molecule has 0 saturated carbocycles. The third kappa shape index (κ3) is 8.55. The minimum absolute atomic E-state index is 0. The fraction of sp³-hybridized carbons (Fsp3) is 0.929. The van der Waals surface area contributed by atoms with Crippen LogP contribution in [-0.2, 0) is 9.53 Å². The number of hydrogen-bond donors (Lipinski definition) is 2. The van der Waals surface area contributed by atoms with Crippen LogP contribution in [0, 0.1) is 0 Å². The first-order valence-corrected chi connectivity index (χ1v) is 10.2. The number of carbonyl (C=O) groups excluding carboxylic acids is 1. The Morgan fingerprint density at radius 1 is 1.29 bits per heavy atom. The van der Waals surface area contributed by atoms with Gasteiger partial charge in [-0.2, -0.15) is 0 Å². The molecule has 0 aromatic carbocycles. The smallest absolute Gasteiger partial charge is 0.220 e. The molecule has 4 nitrogen and oxygen atoms in total. The molecule has 1 atom stereocenters. The normalized spacial score (nSPS) is 22.8. The lowest BCUT2D eigenvalue weighted by atomic mass is 10.1. The lowest BCUT2D eigenvalue weighted by Crippen LogP contribution is -3.14. The number of morpholine rings is 1. The van der Waals surface area contributed by atoms with Crippen LogP contribution in [-0.4, -0.2) is 56.3 Å². The summed E-state index contributed by atoms with van der Waals surface area (Å²) in [4.78, 5) is 13.3. The van der Waals surface area contributed by atoms with E-state index in [0.29, 0.717) is 6.42 Å². The van der Waals surface area contributed by atoms with Gasteiger partial charge in [-0.3, -0.25) is 4.79 Å². The van der Waals surface area contributed by atoms with Crippen molar-refractivity contribution in [3.63, 3.8) is 0 Å². The van der Waals surface area contributed by atoms with Crippen LogP contribution in [0.5, 0.6) is 0 Å². The van der Waals surface area contributed by atoms with Gasteiger partial charge in [-0.25, -0.2) is 0 Å². The van der Waals surface area contributed by atoms with Crippen LogP contribution in [0.25, 0.3) is 0 Å². The lowest BCUT2D eigenvalue weighted by Gasteiger charge is -2.23. The van der Waals surface area contributed by atoms with Crippen LogP contribution in [0.2, 0.25) is 0 Å². The first-order valence-electron chi connectivity index (χ1n) is 7.81. The van der Waals surface area contributed by atoms with Gasteiger partial charge in [0.1, 0.15) is 13.1 Å². The molecule has 2 fully saturated rings. The van der Waals surface area contributed by atoms with E-state index in [0.717, 1.165) is 51.1 Å². The van der Waals surface area contributed by atoms with E-state index in [9.17, 15) is 4.79 Å². The van der Waals surface area contributed by atoms with Gasteiger partial charge in [0.2, 0.25) is 5.91 Å². The number of nitrogens with one attached hydrogen (secondary N) is 2. The van der Waals surface area contributed by atoms with Gasteiger partial charge >= 0.3 is 0 Å². The maximum Gasteiger partial charge on any atom is 0.220 e. The molecular formula is C14H27ClN2O2S2. The molecule has 2 aliphatic rings. The zero-order valence-electron chi connectivity index (χ0n) is 12.6. The third-order valence-electron chi connectivity index (χ3n) is 3.91. The van der Waals surface area contributed by atoms with Gasteiger partial charge in [0, 0.05) is 17.4 Å². The molecule has 0 bridgehead atoms. The van der Waals surface area contributed by atoms with E-state index in [-0.39, 0.29) is 18.3 Å². The SMILES string of the molecule is O=C(CCCCC1CCSS1)NCC[NH+]1CCOCC1.[Cl-]. The summed E-state index contributed by atoms with van der Waals surface area (Å²) in [6, 6.07) is 0. The Morgan fingerprint density at radius 3 is 2.81 bits per heavy atom. The average molecular weight is 355 g/mol. The Kier molecular flexibility index (Phi) is 11.0. The van der Waals surface area contributed by atoms with Crippen molar-refractivity contribution >= 4 is 27.5 Å². The molecule has 0 aromatic heterocycles. The van der Waals surface area contributed by atoms with Crippen molar-refractivity contribution in [3.05, 3.63) is 0 Å². The number of quaternary nitrogens is 1. The molecule has 1 unspecified atom stereocenters. The van der Waals surface area contributed by atoms with E-state index < -0.39 is 0 Å². The predicted octanol–water partition coefficient (Wildman–Crippen LogP) is -2.26. The quantitative estimate of drug-likeness (QED) is 0.381. The van der Waals surface area contributed by atoms with Crippen LogP contribution in [0.1, 0.15) is 32.1 Å². The van der Waals surface area contributed by atoms with Crippen molar-refractivity contribution < 1.29 is 26.8 Å². The van der Waals surface area contributed by atoms with Crippen molar-refractivity contribution in [1.82, 2.24) is 5.32 Å². The summed E-state index contributed by atoms with van der Waals surface area (Å²) >= 11 is 0. The molecule has 0 spiro atoms. The largest absolute Gasteiger partial charge is 1.00 e. The summed E-state index contributed by atoms with van der Waals surface area (Å²) in [5, 5.41) is 3.89. The molecule has 0 radical (unpaired) electrons. The Bertz CT molecular complexity index is 286. The van der Waals surface area contributed by atoms with Gasteiger partial charge in [-0.15, -0.1) is 0 Å². The molecule has 1 amide bonds. The van der Waals surface area contributed by atoms with E-state index in [4.69, 9.17) is 4.74 Å². The Morgan fingerprint density at radius 2 is 2.10 bits per heavy atom. The number of amides is 1. The summed E-state index contributed by atoms with van der Waals surface area (Å²) in [6.45, 7) is 5.72. The van der Waals surface area contributed by atoms with Gasteiger partial charge in [0.05, 0.1) is 26.3 Å². The molecule has 2 aliphatic heterocycles. The van der Waals surface area contributed by atoms with Crippen molar-refractivity contribution in [3.8, 4) is 0 Å². The van der Waals surface area contributed by atoms with Gasteiger partial charge in [0.15, 0.2) is 0 Å². The number of unbranched alkanes of at least 4 members (excludes halogenated alkanes) is 1. The highest BCUT2D eigenvalue weighted by atomic mass is 35.5. The zero-order chi connectivity index (χ0) is 14.0. The van der Waals surface area contributed by atoms with Crippen LogP contribution in [0.15, 0.2) is 0 Å².